The summed E-state index contributed by atoms with van der Waals surface area (Å²) in [4.78, 5) is 13.0. The second kappa shape index (κ2) is 5.97. The van der Waals surface area contributed by atoms with Gasteiger partial charge in [0.25, 0.3) is 0 Å². The number of carboxylic acid groups (broad SMARTS) is 1. The van der Waals surface area contributed by atoms with Gasteiger partial charge >= 0.3 is 5.97 Å². The Hall–Kier alpha value is -1.33. The Balaban J connectivity index is 2.42. The molecule has 1 saturated heterocycles. The van der Waals surface area contributed by atoms with Crippen LogP contribution in [-0.2, 0) is 9.53 Å². The maximum atomic E-state index is 10.7. The number of halogens is 1. The third kappa shape index (κ3) is 3.41. The molecule has 1 aromatic carbocycles. The fourth-order valence-corrected chi connectivity index (χ4v) is 2.75. The summed E-state index contributed by atoms with van der Waals surface area (Å²) in [6.45, 7) is 6.38. The fraction of sp³-hybridized carbons (Fsp3) is 0.400. The lowest BCUT2D eigenvalue weighted by Crippen LogP contribution is -2.53. The highest BCUT2D eigenvalue weighted by Crippen LogP contribution is 2.32. The van der Waals surface area contributed by atoms with Crippen LogP contribution in [0.25, 0.3) is 6.08 Å². The number of aliphatic carboxylic acids is 1. The molecular formula is C15H18BrNO3. The van der Waals surface area contributed by atoms with Gasteiger partial charge in [-0.05, 0) is 43.7 Å². The SMILES string of the molecule is CC1(C)COCCN1c1ccc(Br)cc1/C=C/C(=O)O. The molecule has 5 heteroatoms. The maximum Gasteiger partial charge on any atom is 0.328 e. The van der Waals surface area contributed by atoms with Crippen LogP contribution in [0.3, 0.4) is 0 Å². The van der Waals surface area contributed by atoms with Crippen molar-refractivity contribution >= 4 is 33.7 Å². The standard InChI is InChI=1S/C15H18BrNO3/c1-15(2)10-20-8-7-17(15)13-5-4-12(16)9-11(13)3-6-14(18)19/h3-6,9H,7-8,10H2,1-2H3,(H,18,19)/b6-3+. The smallest absolute Gasteiger partial charge is 0.328 e. The average Bonchev–Trinajstić information content (AvgIpc) is 2.37. The van der Waals surface area contributed by atoms with Crippen molar-refractivity contribution < 1.29 is 14.6 Å². The fourth-order valence-electron chi connectivity index (χ4n) is 2.37. The molecule has 1 N–H and O–H groups in total. The summed E-state index contributed by atoms with van der Waals surface area (Å²) < 4.78 is 6.46. The molecule has 20 heavy (non-hydrogen) atoms. The first-order chi connectivity index (χ1) is 9.40. The van der Waals surface area contributed by atoms with Crippen LogP contribution in [-0.4, -0.2) is 36.4 Å². The summed E-state index contributed by atoms with van der Waals surface area (Å²) in [6.07, 6.45) is 2.80. The van der Waals surface area contributed by atoms with Crippen molar-refractivity contribution in [3.05, 3.63) is 34.3 Å². The number of hydrogen-bond donors (Lipinski definition) is 1. The molecule has 108 valence electrons. The molecule has 0 spiro atoms. The lowest BCUT2D eigenvalue weighted by molar-refractivity contribution is -0.131. The molecule has 1 heterocycles. The Labute approximate surface area is 127 Å². The highest BCUT2D eigenvalue weighted by atomic mass is 79.9. The monoisotopic (exact) mass is 339 g/mol. The van der Waals surface area contributed by atoms with Gasteiger partial charge in [0.15, 0.2) is 0 Å². The minimum Gasteiger partial charge on any atom is -0.478 e. The van der Waals surface area contributed by atoms with Gasteiger partial charge in [-0.3, -0.25) is 0 Å². The van der Waals surface area contributed by atoms with E-state index in [1.807, 2.05) is 18.2 Å². The van der Waals surface area contributed by atoms with E-state index in [2.05, 4.69) is 34.7 Å². The number of morpholine rings is 1. The van der Waals surface area contributed by atoms with Gasteiger partial charge in [0.05, 0.1) is 18.8 Å². The number of carboxylic acids is 1. The first kappa shape index (κ1) is 15.1. The summed E-state index contributed by atoms with van der Waals surface area (Å²) in [5.41, 5.74) is 1.80. The van der Waals surface area contributed by atoms with Crippen molar-refractivity contribution in [1.82, 2.24) is 0 Å². The highest BCUT2D eigenvalue weighted by Gasteiger charge is 2.31. The summed E-state index contributed by atoms with van der Waals surface area (Å²) in [5, 5.41) is 8.82. The quantitative estimate of drug-likeness (QED) is 0.859. The lowest BCUT2D eigenvalue weighted by Gasteiger charge is -2.44. The van der Waals surface area contributed by atoms with Crippen molar-refractivity contribution in [3.63, 3.8) is 0 Å². The molecule has 0 bridgehead atoms. The summed E-state index contributed by atoms with van der Waals surface area (Å²) in [5.74, 6) is -0.947. The van der Waals surface area contributed by atoms with Gasteiger partial charge in [0.2, 0.25) is 0 Å². The predicted molar refractivity (Wildman–Crippen MR) is 83.1 cm³/mol. The van der Waals surface area contributed by atoms with Crippen LogP contribution in [0.4, 0.5) is 5.69 Å². The van der Waals surface area contributed by atoms with Gasteiger partial charge in [-0.1, -0.05) is 15.9 Å². The third-order valence-electron chi connectivity index (χ3n) is 3.33. The van der Waals surface area contributed by atoms with Crippen molar-refractivity contribution in [2.24, 2.45) is 0 Å². The molecular weight excluding hydrogens is 322 g/mol. The van der Waals surface area contributed by atoms with E-state index in [9.17, 15) is 4.79 Å². The second-order valence-electron chi connectivity index (χ2n) is 5.39. The van der Waals surface area contributed by atoms with Gasteiger partial charge in [-0.2, -0.15) is 0 Å². The molecule has 0 atom stereocenters. The summed E-state index contributed by atoms with van der Waals surface area (Å²) >= 11 is 3.43. The molecule has 1 aliphatic heterocycles. The zero-order valence-corrected chi connectivity index (χ0v) is 13.2. The van der Waals surface area contributed by atoms with Crippen molar-refractivity contribution in [2.75, 3.05) is 24.7 Å². The number of hydrogen-bond acceptors (Lipinski definition) is 3. The molecule has 4 nitrogen and oxygen atoms in total. The summed E-state index contributed by atoms with van der Waals surface area (Å²) in [6, 6.07) is 5.91. The Morgan fingerprint density at radius 1 is 1.50 bits per heavy atom. The van der Waals surface area contributed by atoms with Crippen LogP contribution < -0.4 is 4.90 Å². The third-order valence-corrected chi connectivity index (χ3v) is 3.82. The van der Waals surface area contributed by atoms with E-state index < -0.39 is 5.97 Å². The minimum atomic E-state index is -0.947. The van der Waals surface area contributed by atoms with Crippen molar-refractivity contribution in [3.8, 4) is 0 Å². The first-order valence-corrected chi connectivity index (χ1v) is 7.25. The van der Waals surface area contributed by atoms with Gasteiger partial charge < -0.3 is 14.7 Å². The molecule has 1 aromatic rings. The van der Waals surface area contributed by atoms with E-state index in [-0.39, 0.29) is 5.54 Å². The molecule has 0 unspecified atom stereocenters. The summed E-state index contributed by atoms with van der Waals surface area (Å²) in [7, 11) is 0. The Kier molecular flexibility index (Phi) is 4.50. The Morgan fingerprint density at radius 2 is 2.25 bits per heavy atom. The largest absolute Gasteiger partial charge is 0.478 e. The molecule has 0 saturated carbocycles. The normalized spacial score (nSPS) is 18.4. The number of rotatable bonds is 3. The number of nitrogens with zero attached hydrogens (tertiary/aromatic N) is 1. The molecule has 1 aliphatic rings. The van der Waals surface area contributed by atoms with Crippen LogP contribution in [0.5, 0.6) is 0 Å². The Bertz CT molecular complexity index is 540. The van der Waals surface area contributed by atoms with Gasteiger partial charge in [-0.25, -0.2) is 4.79 Å². The number of carbonyl (C=O) groups is 1. The van der Waals surface area contributed by atoms with Crippen molar-refractivity contribution in [1.29, 1.82) is 0 Å². The molecule has 1 fully saturated rings. The zero-order valence-electron chi connectivity index (χ0n) is 11.6. The zero-order chi connectivity index (χ0) is 14.8. The van der Waals surface area contributed by atoms with Crippen molar-refractivity contribution in [2.45, 2.75) is 19.4 Å². The van der Waals surface area contributed by atoms with E-state index in [4.69, 9.17) is 9.84 Å². The van der Waals surface area contributed by atoms with Gasteiger partial charge in [0.1, 0.15) is 0 Å². The molecule has 0 aliphatic carbocycles. The second-order valence-corrected chi connectivity index (χ2v) is 6.31. The topological polar surface area (TPSA) is 49.8 Å². The predicted octanol–water partition coefficient (Wildman–Crippen LogP) is 3.16. The van der Waals surface area contributed by atoms with E-state index in [1.165, 1.54) is 6.08 Å². The van der Waals surface area contributed by atoms with Crippen LogP contribution in [0, 0.1) is 0 Å². The lowest BCUT2D eigenvalue weighted by atomic mass is 9.99. The minimum absolute atomic E-state index is 0.113. The van der Waals surface area contributed by atoms with E-state index in [0.717, 1.165) is 22.3 Å². The number of benzene rings is 1. The first-order valence-electron chi connectivity index (χ1n) is 6.46. The molecule has 0 radical (unpaired) electrons. The molecule has 0 amide bonds. The Morgan fingerprint density at radius 3 is 2.90 bits per heavy atom. The van der Waals surface area contributed by atoms with Crippen LogP contribution >= 0.6 is 15.9 Å². The average molecular weight is 340 g/mol. The van der Waals surface area contributed by atoms with E-state index in [1.54, 1.807) is 6.08 Å². The number of anilines is 1. The van der Waals surface area contributed by atoms with E-state index in [0.29, 0.717) is 13.2 Å². The van der Waals surface area contributed by atoms with Crippen LogP contribution in [0.15, 0.2) is 28.7 Å². The highest BCUT2D eigenvalue weighted by molar-refractivity contribution is 9.10. The van der Waals surface area contributed by atoms with Gasteiger partial charge in [0, 0.05) is 22.8 Å². The van der Waals surface area contributed by atoms with Gasteiger partial charge in [-0.15, -0.1) is 0 Å². The van der Waals surface area contributed by atoms with Crippen LogP contribution in [0.2, 0.25) is 0 Å². The molecule has 2 rings (SSSR count). The molecule has 0 aromatic heterocycles. The number of ether oxygens (including phenoxy) is 1. The van der Waals surface area contributed by atoms with E-state index >= 15 is 0 Å². The van der Waals surface area contributed by atoms with Crippen LogP contribution in [0.1, 0.15) is 19.4 Å². The maximum absolute atomic E-state index is 10.7.